The quantitative estimate of drug-likeness (QED) is 0.768. The fraction of sp³-hybridized carbons (Fsp3) is 0.250. The Morgan fingerprint density at radius 3 is 2.00 bits per heavy atom. The van der Waals surface area contributed by atoms with Gasteiger partial charge in [-0.2, -0.15) is 36.3 Å². The third-order valence-electron chi connectivity index (χ3n) is 2.07. The highest BCUT2D eigenvalue weighted by Crippen LogP contribution is 2.31. The number of aromatic nitrogens is 2. The molecule has 0 radical (unpaired) electrons. The van der Waals surface area contributed by atoms with Crippen molar-refractivity contribution in [2.24, 2.45) is 9.98 Å². The first-order valence-corrected chi connectivity index (χ1v) is 4.65. The average Bonchev–Trinajstić information content (AvgIpc) is 2.80. The molecule has 12 heteroatoms. The number of carbonyl (C=O) groups is 1. The molecule has 1 aromatic heterocycles. The van der Waals surface area contributed by atoms with Gasteiger partial charge in [0, 0.05) is 0 Å². The summed E-state index contributed by atoms with van der Waals surface area (Å²) in [5.74, 6) is -6.34. The molecule has 2 heterocycles. The molecule has 2 rings (SSSR count). The number of nitrogens with zero attached hydrogens (tertiary/aromatic N) is 3. The van der Waals surface area contributed by atoms with E-state index in [1.807, 2.05) is 0 Å². The first kappa shape index (κ1) is 14.0. The van der Waals surface area contributed by atoms with Gasteiger partial charge in [0.2, 0.25) is 17.5 Å². The molecule has 0 unspecified atom stereocenters. The van der Waals surface area contributed by atoms with Crippen LogP contribution >= 0.6 is 0 Å². The Morgan fingerprint density at radius 2 is 1.60 bits per heavy atom. The van der Waals surface area contributed by atoms with Crippen molar-refractivity contribution in [2.45, 2.75) is 12.4 Å². The monoisotopic (exact) mass is 300 g/mol. The molecule has 1 aliphatic heterocycles. The zero-order valence-corrected chi connectivity index (χ0v) is 8.96. The highest BCUT2D eigenvalue weighted by Gasteiger charge is 2.43. The maximum absolute atomic E-state index is 12.3. The standard InChI is InChI=1S/C8H2F6N4O2/c9-7(10,11)5-15-1(3(19)17-5)2-4(20)18-6(16-2)8(12,13)14/h19H,(H,15,17). The number of nitrogens with one attached hydrogen (secondary N) is 1. The molecule has 20 heavy (non-hydrogen) atoms. The lowest BCUT2D eigenvalue weighted by Crippen LogP contribution is -2.19. The molecule has 0 bridgehead atoms. The van der Waals surface area contributed by atoms with E-state index in [1.54, 1.807) is 0 Å². The fourth-order valence-electron chi connectivity index (χ4n) is 1.28. The topological polar surface area (TPSA) is 90.7 Å². The number of aromatic hydroxyl groups is 1. The van der Waals surface area contributed by atoms with E-state index < -0.39 is 47.2 Å². The van der Waals surface area contributed by atoms with Crippen molar-refractivity contribution in [3.05, 3.63) is 11.5 Å². The molecule has 0 fully saturated rings. The summed E-state index contributed by atoms with van der Waals surface area (Å²) in [6.07, 6.45) is -10.0. The van der Waals surface area contributed by atoms with Crippen molar-refractivity contribution in [3.8, 4) is 5.88 Å². The van der Waals surface area contributed by atoms with Crippen LogP contribution in [0.25, 0.3) is 0 Å². The Hall–Kier alpha value is -2.40. The molecule has 6 nitrogen and oxygen atoms in total. The van der Waals surface area contributed by atoms with E-state index in [0.717, 1.165) is 0 Å². The number of amides is 1. The Morgan fingerprint density at radius 1 is 1.00 bits per heavy atom. The Labute approximate surface area is 104 Å². The van der Waals surface area contributed by atoms with E-state index >= 15 is 0 Å². The van der Waals surface area contributed by atoms with Gasteiger partial charge in [-0.15, -0.1) is 0 Å². The maximum atomic E-state index is 12.3. The second-order valence-electron chi connectivity index (χ2n) is 3.48. The number of aromatic amines is 1. The summed E-state index contributed by atoms with van der Waals surface area (Å²) < 4.78 is 73.7. The zero-order valence-electron chi connectivity index (χ0n) is 8.96. The molecule has 108 valence electrons. The van der Waals surface area contributed by atoms with Crippen molar-refractivity contribution < 1.29 is 36.2 Å². The summed E-state index contributed by atoms with van der Waals surface area (Å²) >= 11 is 0. The van der Waals surface area contributed by atoms with Gasteiger partial charge >= 0.3 is 12.4 Å². The van der Waals surface area contributed by atoms with Gasteiger partial charge in [0.05, 0.1) is 0 Å². The molecule has 0 saturated heterocycles. The van der Waals surface area contributed by atoms with Crippen molar-refractivity contribution in [2.75, 3.05) is 0 Å². The van der Waals surface area contributed by atoms with Gasteiger partial charge in [0.1, 0.15) is 5.69 Å². The van der Waals surface area contributed by atoms with Crippen molar-refractivity contribution in [1.82, 2.24) is 9.97 Å². The SMILES string of the molecule is O=C1N=C(C(F)(F)F)N=C1c1[nH]c(C(F)(F)F)nc1O. The second-order valence-corrected chi connectivity index (χ2v) is 3.48. The van der Waals surface area contributed by atoms with E-state index in [9.17, 15) is 31.1 Å². The van der Waals surface area contributed by atoms with Crippen LogP contribution in [-0.2, 0) is 11.0 Å². The Bertz CT molecular complexity index is 638. The third-order valence-corrected chi connectivity index (χ3v) is 2.07. The predicted molar refractivity (Wildman–Crippen MR) is 50.3 cm³/mol. The normalized spacial score (nSPS) is 16.4. The highest BCUT2D eigenvalue weighted by molar-refractivity contribution is 6.51. The molecule has 0 aliphatic carbocycles. The molecule has 1 aromatic rings. The van der Waals surface area contributed by atoms with Gasteiger partial charge in [-0.1, -0.05) is 0 Å². The van der Waals surface area contributed by atoms with Crippen LogP contribution in [0, 0.1) is 0 Å². The Balaban J connectivity index is 2.45. The van der Waals surface area contributed by atoms with Crippen LogP contribution in [0.5, 0.6) is 5.88 Å². The fourth-order valence-corrected chi connectivity index (χ4v) is 1.28. The van der Waals surface area contributed by atoms with E-state index in [4.69, 9.17) is 5.11 Å². The number of imidazole rings is 1. The van der Waals surface area contributed by atoms with Crippen molar-refractivity contribution in [1.29, 1.82) is 0 Å². The summed E-state index contributed by atoms with van der Waals surface area (Å²) in [6, 6.07) is 0. The van der Waals surface area contributed by atoms with Gasteiger partial charge < -0.3 is 10.1 Å². The smallest absolute Gasteiger partial charge is 0.451 e. The molecule has 0 aromatic carbocycles. The van der Waals surface area contributed by atoms with E-state index in [0.29, 0.717) is 0 Å². The number of alkyl halides is 6. The summed E-state index contributed by atoms with van der Waals surface area (Å²) in [6.45, 7) is 0. The van der Waals surface area contributed by atoms with Crippen LogP contribution in [0.2, 0.25) is 0 Å². The minimum Gasteiger partial charge on any atom is -0.492 e. The van der Waals surface area contributed by atoms with Crippen molar-refractivity contribution in [3.63, 3.8) is 0 Å². The lowest BCUT2D eigenvalue weighted by Gasteiger charge is -2.00. The number of aliphatic imine (C=N–C) groups is 2. The van der Waals surface area contributed by atoms with Crippen LogP contribution in [0.4, 0.5) is 26.3 Å². The molecule has 0 spiro atoms. The van der Waals surface area contributed by atoms with E-state index in [1.165, 1.54) is 4.98 Å². The molecule has 0 atom stereocenters. The van der Waals surface area contributed by atoms with Gasteiger partial charge in [-0.05, 0) is 0 Å². The van der Waals surface area contributed by atoms with E-state index in [2.05, 4.69) is 15.0 Å². The maximum Gasteiger partial charge on any atom is 0.451 e. The number of rotatable bonds is 1. The van der Waals surface area contributed by atoms with Crippen molar-refractivity contribution >= 4 is 17.5 Å². The van der Waals surface area contributed by atoms with Crippen LogP contribution in [-0.4, -0.2) is 38.7 Å². The summed E-state index contributed by atoms with van der Waals surface area (Å²) in [5, 5.41) is 9.15. The predicted octanol–water partition coefficient (Wildman–Crippen LogP) is 1.42. The molecular formula is C8H2F6N4O2. The van der Waals surface area contributed by atoms with Crippen LogP contribution in [0.3, 0.4) is 0 Å². The molecule has 1 amide bonds. The molecule has 2 N–H and O–H groups in total. The average molecular weight is 300 g/mol. The van der Waals surface area contributed by atoms with Gasteiger partial charge in [0.25, 0.3) is 5.91 Å². The first-order valence-electron chi connectivity index (χ1n) is 4.65. The summed E-state index contributed by atoms with van der Waals surface area (Å²) in [5.41, 5.74) is -2.08. The number of amidine groups is 1. The number of halogens is 6. The van der Waals surface area contributed by atoms with E-state index in [-0.39, 0.29) is 0 Å². The largest absolute Gasteiger partial charge is 0.492 e. The zero-order chi connectivity index (χ0) is 15.3. The molecular weight excluding hydrogens is 298 g/mol. The highest BCUT2D eigenvalue weighted by atomic mass is 19.4. The third kappa shape index (κ3) is 2.35. The molecule has 1 aliphatic rings. The van der Waals surface area contributed by atoms with Crippen LogP contribution < -0.4 is 0 Å². The van der Waals surface area contributed by atoms with Gasteiger partial charge in [0.15, 0.2) is 5.71 Å². The second kappa shape index (κ2) is 4.05. The number of carbonyl (C=O) groups excluding carboxylic acids is 1. The summed E-state index contributed by atoms with van der Waals surface area (Å²) in [7, 11) is 0. The Kier molecular flexibility index (Phi) is 2.84. The first-order chi connectivity index (χ1) is 9.00. The minimum atomic E-state index is -5.04. The number of hydrogen-bond donors (Lipinski definition) is 2. The minimum absolute atomic E-state index is 0.981. The van der Waals surface area contributed by atoms with Gasteiger partial charge in [-0.25, -0.2) is 4.99 Å². The van der Waals surface area contributed by atoms with Gasteiger partial charge in [-0.3, -0.25) is 4.79 Å². The summed E-state index contributed by atoms with van der Waals surface area (Å²) in [4.78, 5) is 20.6. The molecule has 0 saturated carbocycles. The lowest BCUT2D eigenvalue weighted by atomic mass is 10.3. The lowest BCUT2D eigenvalue weighted by molar-refractivity contribution is -0.144. The van der Waals surface area contributed by atoms with Crippen LogP contribution in [0.15, 0.2) is 9.98 Å². The number of hydrogen-bond acceptors (Lipinski definition) is 4. The van der Waals surface area contributed by atoms with Crippen LogP contribution in [0.1, 0.15) is 11.5 Å². The number of H-pyrrole nitrogens is 1.